The lowest BCUT2D eigenvalue weighted by molar-refractivity contribution is 0.0697. The van der Waals surface area contributed by atoms with Crippen LogP contribution in [0.15, 0.2) is 24.3 Å². The topological polar surface area (TPSA) is 49.3 Å². The van der Waals surface area contributed by atoms with Crippen molar-refractivity contribution in [3.63, 3.8) is 0 Å². The monoisotopic (exact) mass is 281 g/mol. The van der Waals surface area contributed by atoms with Crippen molar-refractivity contribution in [3.8, 4) is 0 Å². The van der Waals surface area contributed by atoms with Gasteiger partial charge in [0, 0.05) is 17.8 Å². The molecule has 4 heteroatoms. The number of carboxylic acid groups (broad SMARTS) is 1. The number of rotatable bonds is 8. The summed E-state index contributed by atoms with van der Waals surface area (Å²) in [5.74, 6) is -0.877. The highest BCUT2D eigenvalue weighted by Gasteiger charge is 2.23. The van der Waals surface area contributed by atoms with Gasteiger partial charge in [-0.1, -0.05) is 26.0 Å². The fourth-order valence-electron chi connectivity index (χ4n) is 2.06. The summed E-state index contributed by atoms with van der Waals surface area (Å²) < 4.78 is 0.307. The van der Waals surface area contributed by atoms with Crippen LogP contribution in [0.5, 0.6) is 0 Å². The molecule has 0 radical (unpaired) electrons. The molecule has 0 aliphatic rings. The lowest BCUT2D eigenvalue weighted by atomic mass is 10.0. The van der Waals surface area contributed by atoms with E-state index in [9.17, 15) is 4.79 Å². The first-order valence-corrected chi connectivity index (χ1v) is 7.87. The third-order valence-electron chi connectivity index (χ3n) is 3.70. The predicted octanol–water partition coefficient (Wildman–Crippen LogP) is 3.40. The molecule has 0 heterocycles. The van der Waals surface area contributed by atoms with Crippen molar-refractivity contribution < 1.29 is 9.90 Å². The largest absolute Gasteiger partial charge is 0.478 e. The summed E-state index contributed by atoms with van der Waals surface area (Å²) >= 11 is 1.92. The van der Waals surface area contributed by atoms with E-state index in [1.165, 1.54) is 0 Å². The molecule has 0 spiro atoms. The maximum Gasteiger partial charge on any atom is 0.335 e. The van der Waals surface area contributed by atoms with Crippen molar-refractivity contribution in [2.24, 2.45) is 0 Å². The van der Waals surface area contributed by atoms with Gasteiger partial charge in [-0.05, 0) is 36.8 Å². The second-order valence-corrected chi connectivity index (χ2v) is 5.97. The molecule has 0 saturated heterocycles. The van der Waals surface area contributed by atoms with Crippen molar-refractivity contribution in [2.45, 2.75) is 38.0 Å². The van der Waals surface area contributed by atoms with Crippen LogP contribution in [0.2, 0.25) is 0 Å². The van der Waals surface area contributed by atoms with Gasteiger partial charge in [-0.3, -0.25) is 0 Å². The Balaban J connectivity index is 2.51. The zero-order chi connectivity index (χ0) is 14.3. The highest BCUT2D eigenvalue weighted by molar-refractivity contribution is 8.00. The van der Waals surface area contributed by atoms with Crippen LogP contribution < -0.4 is 5.32 Å². The number of nitrogens with one attached hydrogen (secondary N) is 1. The minimum absolute atomic E-state index is 0.307. The van der Waals surface area contributed by atoms with E-state index in [1.54, 1.807) is 12.1 Å². The van der Waals surface area contributed by atoms with Crippen LogP contribution >= 0.6 is 11.8 Å². The van der Waals surface area contributed by atoms with Gasteiger partial charge in [0.05, 0.1) is 5.56 Å². The fourth-order valence-corrected chi connectivity index (χ4v) is 2.88. The Labute approximate surface area is 119 Å². The molecule has 1 rings (SSSR count). The van der Waals surface area contributed by atoms with E-state index in [1.807, 2.05) is 23.9 Å². The van der Waals surface area contributed by atoms with E-state index in [0.717, 1.165) is 31.5 Å². The fraction of sp³-hybridized carbons (Fsp3) is 0.533. The molecule has 0 amide bonds. The quantitative estimate of drug-likeness (QED) is 0.767. The molecule has 0 atom stereocenters. The first-order valence-electron chi connectivity index (χ1n) is 6.65. The van der Waals surface area contributed by atoms with Crippen molar-refractivity contribution in [1.82, 2.24) is 5.32 Å². The number of carbonyl (C=O) groups is 1. The molecule has 0 bridgehead atoms. The first-order chi connectivity index (χ1) is 9.06. The SMILES string of the molecule is CCC(CC)(CNCc1ccc(C(=O)O)cc1)SC. The van der Waals surface area contributed by atoms with Crippen molar-refractivity contribution in [2.75, 3.05) is 12.8 Å². The Kier molecular flexibility index (Phi) is 6.38. The average molecular weight is 281 g/mol. The van der Waals surface area contributed by atoms with Gasteiger partial charge in [-0.15, -0.1) is 0 Å². The molecule has 1 aromatic rings. The van der Waals surface area contributed by atoms with Crippen LogP contribution in [-0.2, 0) is 6.54 Å². The van der Waals surface area contributed by atoms with Gasteiger partial charge < -0.3 is 10.4 Å². The number of benzene rings is 1. The number of carboxylic acids is 1. The molecule has 106 valence electrons. The smallest absolute Gasteiger partial charge is 0.335 e. The molecule has 2 N–H and O–H groups in total. The summed E-state index contributed by atoms with van der Waals surface area (Å²) in [6.45, 7) is 6.21. The molecule has 0 fully saturated rings. The van der Waals surface area contributed by atoms with Crippen LogP contribution in [-0.4, -0.2) is 28.6 Å². The maximum absolute atomic E-state index is 10.8. The predicted molar refractivity (Wildman–Crippen MR) is 81.9 cm³/mol. The first kappa shape index (κ1) is 16.1. The average Bonchev–Trinajstić information content (AvgIpc) is 2.45. The molecular weight excluding hydrogens is 258 g/mol. The molecule has 19 heavy (non-hydrogen) atoms. The summed E-state index contributed by atoms with van der Waals surface area (Å²) in [6, 6.07) is 7.05. The summed E-state index contributed by atoms with van der Waals surface area (Å²) in [4.78, 5) is 10.8. The highest BCUT2D eigenvalue weighted by Crippen LogP contribution is 2.29. The molecule has 0 unspecified atom stereocenters. The lowest BCUT2D eigenvalue weighted by Crippen LogP contribution is -2.36. The van der Waals surface area contributed by atoms with Gasteiger partial charge in [0.15, 0.2) is 0 Å². The molecule has 0 aromatic heterocycles. The van der Waals surface area contributed by atoms with E-state index in [-0.39, 0.29) is 0 Å². The Hall–Kier alpha value is -1.00. The van der Waals surface area contributed by atoms with E-state index >= 15 is 0 Å². The van der Waals surface area contributed by atoms with Gasteiger partial charge >= 0.3 is 5.97 Å². The normalized spacial score (nSPS) is 11.5. The Morgan fingerprint density at radius 3 is 2.26 bits per heavy atom. The molecule has 1 aromatic carbocycles. The van der Waals surface area contributed by atoms with Crippen molar-refractivity contribution in [3.05, 3.63) is 35.4 Å². The number of aromatic carboxylic acids is 1. The number of hydrogen-bond acceptors (Lipinski definition) is 3. The Morgan fingerprint density at radius 1 is 1.26 bits per heavy atom. The van der Waals surface area contributed by atoms with Gasteiger partial charge in [0.1, 0.15) is 0 Å². The summed E-state index contributed by atoms with van der Waals surface area (Å²) in [5, 5.41) is 12.3. The minimum atomic E-state index is -0.877. The van der Waals surface area contributed by atoms with E-state index < -0.39 is 5.97 Å². The van der Waals surface area contributed by atoms with Crippen molar-refractivity contribution >= 4 is 17.7 Å². The van der Waals surface area contributed by atoms with Crippen LogP contribution in [0.1, 0.15) is 42.6 Å². The molecule has 0 aliphatic heterocycles. The van der Waals surface area contributed by atoms with Gasteiger partial charge in [-0.25, -0.2) is 4.79 Å². The van der Waals surface area contributed by atoms with Gasteiger partial charge in [0.2, 0.25) is 0 Å². The molecule has 0 aliphatic carbocycles. The molecule has 0 saturated carbocycles. The van der Waals surface area contributed by atoms with Gasteiger partial charge in [0.25, 0.3) is 0 Å². The maximum atomic E-state index is 10.8. The highest BCUT2D eigenvalue weighted by atomic mass is 32.2. The van der Waals surface area contributed by atoms with Crippen LogP contribution in [0, 0.1) is 0 Å². The summed E-state index contributed by atoms with van der Waals surface area (Å²) in [6.07, 6.45) is 4.46. The molecular formula is C15H23NO2S. The lowest BCUT2D eigenvalue weighted by Gasteiger charge is -2.30. The van der Waals surface area contributed by atoms with E-state index in [4.69, 9.17) is 5.11 Å². The van der Waals surface area contributed by atoms with Crippen molar-refractivity contribution in [1.29, 1.82) is 0 Å². The van der Waals surface area contributed by atoms with Crippen LogP contribution in [0.4, 0.5) is 0 Å². The Bertz CT molecular complexity index is 391. The third-order valence-corrected chi connectivity index (χ3v) is 5.29. The molecule has 3 nitrogen and oxygen atoms in total. The summed E-state index contributed by atoms with van der Waals surface area (Å²) in [5.41, 5.74) is 1.46. The standard InChI is InChI=1S/C15H23NO2S/c1-4-15(5-2,19-3)11-16-10-12-6-8-13(9-7-12)14(17)18/h6-9,16H,4-5,10-11H2,1-3H3,(H,17,18). The van der Waals surface area contributed by atoms with Crippen LogP contribution in [0.3, 0.4) is 0 Å². The zero-order valence-corrected chi connectivity index (χ0v) is 12.7. The number of thioether (sulfide) groups is 1. The zero-order valence-electron chi connectivity index (χ0n) is 11.9. The second kappa shape index (κ2) is 7.56. The minimum Gasteiger partial charge on any atom is -0.478 e. The summed E-state index contributed by atoms with van der Waals surface area (Å²) in [7, 11) is 0. The van der Waals surface area contributed by atoms with Crippen LogP contribution in [0.25, 0.3) is 0 Å². The van der Waals surface area contributed by atoms with Gasteiger partial charge in [-0.2, -0.15) is 11.8 Å². The van der Waals surface area contributed by atoms with E-state index in [2.05, 4.69) is 25.4 Å². The van der Waals surface area contributed by atoms with E-state index in [0.29, 0.717) is 10.3 Å². The second-order valence-electron chi connectivity index (χ2n) is 4.70. The Morgan fingerprint density at radius 2 is 1.84 bits per heavy atom. The third kappa shape index (κ3) is 4.55. The number of hydrogen-bond donors (Lipinski definition) is 2.